The lowest BCUT2D eigenvalue weighted by molar-refractivity contribution is -0.137. The molecule has 3 N–H and O–H groups in total. The standard InChI is InChI=1S/C16H20N2O4/c17-15(21)12-4-1-5-13(9-12)16(22)18-8-2-3-11(10-18)6-7-14(19)20/h1,4-5,9,11H,2-3,6-8,10H2,(H2,17,21)(H,19,20)/t11-/m0/s1. The zero-order valence-electron chi connectivity index (χ0n) is 12.3. The van der Waals surface area contributed by atoms with E-state index in [-0.39, 0.29) is 18.2 Å². The van der Waals surface area contributed by atoms with Crippen LogP contribution < -0.4 is 5.73 Å². The molecular weight excluding hydrogens is 284 g/mol. The number of carboxylic acid groups (broad SMARTS) is 1. The molecule has 0 saturated carbocycles. The molecule has 2 rings (SSSR count). The SMILES string of the molecule is NC(=O)c1cccc(C(=O)N2CCC[C@@H](CCC(=O)O)C2)c1. The molecule has 6 heteroatoms. The first-order valence-electron chi connectivity index (χ1n) is 7.38. The fourth-order valence-electron chi connectivity index (χ4n) is 2.80. The highest BCUT2D eigenvalue weighted by Crippen LogP contribution is 2.22. The van der Waals surface area contributed by atoms with Crippen LogP contribution in [0.25, 0.3) is 0 Å². The van der Waals surface area contributed by atoms with E-state index in [1.165, 1.54) is 6.07 Å². The molecular formula is C16H20N2O4. The van der Waals surface area contributed by atoms with Crippen LogP contribution in [0, 0.1) is 5.92 Å². The number of likely N-dealkylation sites (tertiary alicyclic amines) is 1. The molecule has 0 radical (unpaired) electrons. The summed E-state index contributed by atoms with van der Waals surface area (Å²) in [5, 5.41) is 8.76. The summed E-state index contributed by atoms with van der Waals surface area (Å²) in [6.07, 6.45) is 2.52. The van der Waals surface area contributed by atoms with Crippen LogP contribution in [0.5, 0.6) is 0 Å². The van der Waals surface area contributed by atoms with Crippen molar-refractivity contribution in [2.24, 2.45) is 11.7 Å². The molecule has 1 aromatic carbocycles. The number of aliphatic carboxylic acids is 1. The molecule has 1 atom stereocenters. The van der Waals surface area contributed by atoms with E-state index in [4.69, 9.17) is 10.8 Å². The summed E-state index contributed by atoms with van der Waals surface area (Å²) in [5.41, 5.74) is 5.98. The molecule has 6 nitrogen and oxygen atoms in total. The van der Waals surface area contributed by atoms with Crippen molar-refractivity contribution in [3.05, 3.63) is 35.4 Å². The molecule has 1 fully saturated rings. The number of hydrogen-bond donors (Lipinski definition) is 2. The molecule has 2 amide bonds. The smallest absolute Gasteiger partial charge is 0.303 e. The number of benzene rings is 1. The normalized spacial score (nSPS) is 18.0. The number of carbonyl (C=O) groups is 3. The number of primary amides is 1. The Kier molecular flexibility index (Phi) is 5.14. The highest BCUT2D eigenvalue weighted by Gasteiger charge is 2.25. The predicted molar refractivity (Wildman–Crippen MR) is 80.5 cm³/mol. The van der Waals surface area contributed by atoms with Crippen LogP contribution in [0.15, 0.2) is 24.3 Å². The van der Waals surface area contributed by atoms with Gasteiger partial charge < -0.3 is 15.7 Å². The van der Waals surface area contributed by atoms with Crippen molar-refractivity contribution in [3.63, 3.8) is 0 Å². The summed E-state index contributed by atoms with van der Waals surface area (Å²) in [6, 6.07) is 6.38. The molecule has 1 aliphatic rings. The maximum absolute atomic E-state index is 12.5. The van der Waals surface area contributed by atoms with E-state index >= 15 is 0 Å². The lowest BCUT2D eigenvalue weighted by Gasteiger charge is -2.32. The Balaban J connectivity index is 2.04. The summed E-state index contributed by atoms with van der Waals surface area (Å²) in [4.78, 5) is 36.1. The molecule has 1 heterocycles. The van der Waals surface area contributed by atoms with Gasteiger partial charge in [0.1, 0.15) is 0 Å². The van der Waals surface area contributed by atoms with Crippen molar-refractivity contribution in [1.82, 2.24) is 4.90 Å². The van der Waals surface area contributed by atoms with Gasteiger partial charge in [0, 0.05) is 30.6 Å². The summed E-state index contributed by atoms with van der Waals surface area (Å²) < 4.78 is 0. The second kappa shape index (κ2) is 7.06. The minimum atomic E-state index is -0.808. The van der Waals surface area contributed by atoms with Gasteiger partial charge >= 0.3 is 5.97 Å². The maximum Gasteiger partial charge on any atom is 0.303 e. The highest BCUT2D eigenvalue weighted by molar-refractivity contribution is 5.99. The molecule has 22 heavy (non-hydrogen) atoms. The lowest BCUT2D eigenvalue weighted by atomic mass is 9.93. The molecule has 0 bridgehead atoms. The van der Waals surface area contributed by atoms with Crippen LogP contribution in [0.2, 0.25) is 0 Å². The topological polar surface area (TPSA) is 101 Å². The van der Waals surface area contributed by atoms with Gasteiger partial charge in [0.2, 0.25) is 5.91 Å². The molecule has 0 unspecified atom stereocenters. The van der Waals surface area contributed by atoms with Gasteiger partial charge in [0.25, 0.3) is 5.91 Å². The van der Waals surface area contributed by atoms with E-state index in [1.54, 1.807) is 23.1 Å². The Morgan fingerprint density at radius 2 is 2.00 bits per heavy atom. The van der Waals surface area contributed by atoms with Gasteiger partial charge in [-0.05, 0) is 43.4 Å². The molecule has 1 aliphatic heterocycles. The first-order chi connectivity index (χ1) is 10.5. The van der Waals surface area contributed by atoms with Gasteiger partial charge in [-0.1, -0.05) is 6.07 Å². The fourth-order valence-corrected chi connectivity index (χ4v) is 2.80. The van der Waals surface area contributed by atoms with Gasteiger partial charge in [0.15, 0.2) is 0 Å². The third kappa shape index (κ3) is 4.07. The van der Waals surface area contributed by atoms with Gasteiger partial charge in [0.05, 0.1) is 0 Å². The van der Waals surface area contributed by atoms with Gasteiger partial charge in [-0.15, -0.1) is 0 Å². The Hall–Kier alpha value is -2.37. The zero-order valence-corrected chi connectivity index (χ0v) is 12.3. The summed E-state index contributed by atoms with van der Waals surface area (Å²) in [5.74, 6) is -1.29. The average molecular weight is 304 g/mol. The van der Waals surface area contributed by atoms with Crippen LogP contribution in [0.1, 0.15) is 46.4 Å². The monoisotopic (exact) mass is 304 g/mol. The summed E-state index contributed by atoms with van der Waals surface area (Å²) >= 11 is 0. The number of amides is 2. The van der Waals surface area contributed by atoms with E-state index in [2.05, 4.69) is 0 Å². The first kappa shape index (κ1) is 16.0. The van der Waals surface area contributed by atoms with Crippen LogP contribution in [-0.2, 0) is 4.79 Å². The first-order valence-corrected chi connectivity index (χ1v) is 7.38. The Bertz CT molecular complexity index is 585. The third-order valence-corrected chi connectivity index (χ3v) is 3.97. The number of carboxylic acids is 1. The molecule has 1 saturated heterocycles. The third-order valence-electron chi connectivity index (χ3n) is 3.97. The quantitative estimate of drug-likeness (QED) is 0.860. The molecule has 0 spiro atoms. The Labute approximate surface area is 128 Å². The number of piperidine rings is 1. The minimum Gasteiger partial charge on any atom is -0.481 e. The second-order valence-electron chi connectivity index (χ2n) is 5.64. The Morgan fingerprint density at radius 3 is 2.68 bits per heavy atom. The van der Waals surface area contributed by atoms with Crippen molar-refractivity contribution >= 4 is 17.8 Å². The summed E-state index contributed by atoms with van der Waals surface area (Å²) in [7, 11) is 0. The van der Waals surface area contributed by atoms with Crippen LogP contribution in [-0.4, -0.2) is 40.9 Å². The van der Waals surface area contributed by atoms with Crippen molar-refractivity contribution < 1.29 is 19.5 Å². The number of hydrogen-bond acceptors (Lipinski definition) is 3. The van der Waals surface area contributed by atoms with Crippen molar-refractivity contribution in [2.75, 3.05) is 13.1 Å². The van der Waals surface area contributed by atoms with Crippen LogP contribution in [0.4, 0.5) is 0 Å². The van der Waals surface area contributed by atoms with Crippen molar-refractivity contribution in [3.8, 4) is 0 Å². The number of nitrogens with zero attached hydrogens (tertiary/aromatic N) is 1. The maximum atomic E-state index is 12.5. The molecule has 118 valence electrons. The number of nitrogens with two attached hydrogens (primary N) is 1. The van der Waals surface area contributed by atoms with E-state index in [9.17, 15) is 14.4 Å². The van der Waals surface area contributed by atoms with Crippen LogP contribution in [0.3, 0.4) is 0 Å². The largest absolute Gasteiger partial charge is 0.481 e. The predicted octanol–water partition coefficient (Wildman–Crippen LogP) is 1.50. The van der Waals surface area contributed by atoms with Crippen molar-refractivity contribution in [2.45, 2.75) is 25.7 Å². The van der Waals surface area contributed by atoms with Crippen LogP contribution >= 0.6 is 0 Å². The zero-order chi connectivity index (χ0) is 16.1. The van der Waals surface area contributed by atoms with E-state index in [1.807, 2.05) is 0 Å². The van der Waals surface area contributed by atoms with Gasteiger partial charge in [-0.2, -0.15) is 0 Å². The number of carbonyl (C=O) groups excluding carboxylic acids is 2. The Morgan fingerprint density at radius 1 is 1.27 bits per heavy atom. The van der Waals surface area contributed by atoms with E-state index in [0.29, 0.717) is 30.6 Å². The molecule has 0 aliphatic carbocycles. The minimum absolute atomic E-state index is 0.129. The van der Waals surface area contributed by atoms with E-state index in [0.717, 1.165) is 12.8 Å². The summed E-state index contributed by atoms with van der Waals surface area (Å²) in [6.45, 7) is 1.22. The van der Waals surface area contributed by atoms with Gasteiger partial charge in [-0.3, -0.25) is 14.4 Å². The lowest BCUT2D eigenvalue weighted by Crippen LogP contribution is -2.40. The second-order valence-corrected chi connectivity index (χ2v) is 5.64. The van der Waals surface area contributed by atoms with E-state index < -0.39 is 11.9 Å². The van der Waals surface area contributed by atoms with Gasteiger partial charge in [-0.25, -0.2) is 0 Å². The molecule has 0 aromatic heterocycles. The highest BCUT2D eigenvalue weighted by atomic mass is 16.4. The average Bonchev–Trinajstić information content (AvgIpc) is 2.52. The fraction of sp³-hybridized carbons (Fsp3) is 0.438. The molecule has 1 aromatic rings. The van der Waals surface area contributed by atoms with Crippen molar-refractivity contribution in [1.29, 1.82) is 0 Å². The number of rotatable bonds is 5.